The molecule has 0 aliphatic carbocycles. The van der Waals surface area contributed by atoms with E-state index in [4.69, 9.17) is 14.6 Å². The van der Waals surface area contributed by atoms with Gasteiger partial charge in [-0.2, -0.15) is 5.10 Å². The highest BCUT2D eigenvalue weighted by Gasteiger charge is 2.17. The molecule has 0 saturated heterocycles. The van der Waals surface area contributed by atoms with Gasteiger partial charge in [0.2, 0.25) is 0 Å². The fraction of sp³-hybridized carbons (Fsp3) is 0.200. The first-order valence-electron chi connectivity index (χ1n) is 11.8. The number of aromatic nitrogens is 2. The van der Waals surface area contributed by atoms with Crippen molar-refractivity contribution in [3.63, 3.8) is 0 Å². The number of rotatable bonds is 5. The van der Waals surface area contributed by atoms with E-state index in [0.29, 0.717) is 24.5 Å². The number of hydrogen-bond acceptors (Lipinski definition) is 4. The number of carbonyl (C=O) groups is 1. The van der Waals surface area contributed by atoms with Crippen LogP contribution in [-0.4, -0.2) is 28.8 Å². The Hall–Kier alpha value is -4.12. The van der Waals surface area contributed by atoms with Crippen LogP contribution in [0.5, 0.6) is 11.5 Å². The molecule has 2 heterocycles. The van der Waals surface area contributed by atoms with Crippen molar-refractivity contribution in [1.82, 2.24) is 9.78 Å². The molecule has 35 heavy (non-hydrogen) atoms. The number of allylic oxidation sites excluding steroid dienone is 1. The highest BCUT2D eigenvalue weighted by atomic mass is 16.6. The Morgan fingerprint density at radius 3 is 2.34 bits per heavy atom. The van der Waals surface area contributed by atoms with Gasteiger partial charge in [-0.05, 0) is 53.5 Å². The molecule has 1 aromatic heterocycles. The van der Waals surface area contributed by atoms with Gasteiger partial charge in [-0.15, -0.1) is 0 Å². The Bertz CT molecular complexity index is 1380. The standard InChI is InChI=1S/C30H28N2O3/c1-30(2,3)24-13-9-21(10-14-24)26(33)15-11-23-20-32(25-7-5-4-6-8-25)31-29(23)22-12-16-27-28(19-22)35-18-17-34-27/h4-16,19-20H,17-18H2,1-3H3. The predicted octanol–water partition coefficient (Wildman–Crippen LogP) is 6.50. The summed E-state index contributed by atoms with van der Waals surface area (Å²) in [6.45, 7) is 7.54. The van der Waals surface area contributed by atoms with Gasteiger partial charge in [-0.25, -0.2) is 4.68 Å². The van der Waals surface area contributed by atoms with Crippen LogP contribution in [-0.2, 0) is 5.41 Å². The molecule has 1 aliphatic rings. The summed E-state index contributed by atoms with van der Waals surface area (Å²) in [5.74, 6) is 1.38. The molecule has 0 N–H and O–H groups in total. The summed E-state index contributed by atoms with van der Waals surface area (Å²) in [6.07, 6.45) is 5.38. The second-order valence-corrected chi connectivity index (χ2v) is 9.60. The van der Waals surface area contributed by atoms with Crippen LogP contribution >= 0.6 is 0 Å². The van der Waals surface area contributed by atoms with Gasteiger partial charge in [0.25, 0.3) is 0 Å². The van der Waals surface area contributed by atoms with Gasteiger partial charge in [-0.3, -0.25) is 4.79 Å². The lowest BCUT2D eigenvalue weighted by atomic mass is 9.86. The Morgan fingerprint density at radius 1 is 0.914 bits per heavy atom. The van der Waals surface area contributed by atoms with Crippen LogP contribution in [0.4, 0.5) is 0 Å². The molecule has 0 bridgehead atoms. The molecule has 5 rings (SSSR count). The van der Waals surface area contributed by atoms with Crippen molar-refractivity contribution in [3.05, 3.63) is 102 Å². The normalized spacial score (nSPS) is 13.2. The van der Waals surface area contributed by atoms with E-state index >= 15 is 0 Å². The molecule has 3 aromatic carbocycles. The number of carbonyl (C=O) groups excluding carboxylic acids is 1. The molecule has 0 saturated carbocycles. The van der Waals surface area contributed by atoms with Crippen LogP contribution in [0.2, 0.25) is 0 Å². The van der Waals surface area contributed by atoms with E-state index in [0.717, 1.165) is 28.3 Å². The Labute approximate surface area is 205 Å². The molecule has 5 nitrogen and oxygen atoms in total. The zero-order valence-electron chi connectivity index (χ0n) is 20.2. The molecule has 176 valence electrons. The van der Waals surface area contributed by atoms with E-state index in [9.17, 15) is 4.79 Å². The monoisotopic (exact) mass is 464 g/mol. The fourth-order valence-electron chi connectivity index (χ4n) is 4.03. The van der Waals surface area contributed by atoms with Crippen LogP contribution in [0.15, 0.2) is 85.1 Å². The first-order valence-corrected chi connectivity index (χ1v) is 11.8. The maximum atomic E-state index is 12.9. The second-order valence-electron chi connectivity index (χ2n) is 9.60. The van der Waals surface area contributed by atoms with Gasteiger partial charge in [0.15, 0.2) is 17.3 Å². The minimum atomic E-state index is -0.0500. The number of ether oxygens (including phenoxy) is 2. The smallest absolute Gasteiger partial charge is 0.185 e. The molecule has 0 spiro atoms. The van der Waals surface area contributed by atoms with Gasteiger partial charge in [0.05, 0.1) is 5.69 Å². The molecular formula is C30H28N2O3. The third kappa shape index (κ3) is 4.90. The molecule has 5 heteroatoms. The maximum Gasteiger partial charge on any atom is 0.185 e. The van der Waals surface area contributed by atoms with Crippen molar-refractivity contribution in [2.24, 2.45) is 0 Å². The molecule has 0 fully saturated rings. The zero-order valence-corrected chi connectivity index (χ0v) is 20.2. The summed E-state index contributed by atoms with van der Waals surface area (Å²) in [6, 6.07) is 23.6. The van der Waals surface area contributed by atoms with Crippen molar-refractivity contribution in [2.45, 2.75) is 26.2 Å². The number of benzene rings is 3. The molecule has 1 aliphatic heterocycles. The molecule has 0 unspecified atom stereocenters. The lowest BCUT2D eigenvalue weighted by molar-refractivity contribution is 0.104. The van der Waals surface area contributed by atoms with Crippen molar-refractivity contribution in [1.29, 1.82) is 0 Å². The van der Waals surface area contributed by atoms with Crippen LogP contribution in [0.3, 0.4) is 0 Å². The second kappa shape index (κ2) is 9.26. The number of nitrogens with zero attached hydrogens (tertiary/aromatic N) is 2. The van der Waals surface area contributed by atoms with Crippen molar-refractivity contribution in [2.75, 3.05) is 13.2 Å². The van der Waals surface area contributed by atoms with Crippen LogP contribution < -0.4 is 9.47 Å². The summed E-state index contributed by atoms with van der Waals surface area (Å²) in [7, 11) is 0. The van der Waals surface area contributed by atoms with Crippen molar-refractivity contribution >= 4 is 11.9 Å². The van der Waals surface area contributed by atoms with Gasteiger partial charge >= 0.3 is 0 Å². The topological polar surface area (TPSA) is 53.4 Å². The summed E-state index contributed by atoms with van der Waals surface area (Å²) >= 11 is 0. The van der Waals surface area contributed by atoms with Crippen molar-refractivity contribution in [3.8, 4) is 28.4 Å². The summed E-state index contributed by atoms with van der Waals surface area (Å²) in [4.78, 5) is 12.9. The Kier molecular flexibility index (Phi) is 6.00. The van der Waals surface area contributed by atoms with Crippen molar-refractivity contribution < 1.29 is 14.3 Å². The highest BCUT2D eigenvalue weighted by molar-refractivity contribution is 6.07. The Balaban J connectivity index is 1.49. The number of hydrogen-bond donors (Lipinski definition) is 0. The predicted molar refractivity (Wildman–Crippen MR) is 138 cm³/mol. The lowest BCUT2D eigenvalue weighted by Crippen LogP contribution is -2.15. The third-order valence-electron chi connectivity index (χ3n) is 6.03. The summed E-state index contributed by atoms with van der Waals surface area (Å²) in [5, 5.41) is 4.85. The minimum absolute atomic E-state index is 0.0436. The van der Waals surface area contributed by atoms with E-state index < -0.39 is 0 Å². The fourth-order valence-corrected chi connectivity index (χ4v) is 4.03. The zero-order chi connectivity index (χ0) is 24.4. The summed E-state index contributed by atoms with van der Waals surface area (Å²) in [5.41, 5.74) is 5.33. The molecule has 0 amide bonds. The van der Waals surface area contributed by atoms with Crippen LogP contribution in [0.25, 0.3) is 23.0 Å². The number of fused-ring (bicyclic) bond motifs is 1. The van der Waals surface area contributed by atoms with E-state index in [1.165, 1.54) is 5.56 Å². The average Bonchev–Trinajstić information content (AvgIpc) is 3.31. The quantitative estimate of drug-likeness (QED) is 0.250. The SMILES string of the molecule is CC(C)(C)c1ccc(C(=O)C=Cc2cn(-c3ccccc3)nc2-c2ccc3c(c2)OCCO3)cc1. The maximum absolute atomic E-state index is 12.9. The highest BCUT2D eigenvalue weighted by Crippen LogP contribution is 2.35. The minimum Gasteiger partial charge on any atom is -0.486 e. The van der Waals surface area contributed by atoms with Gasteiger partial charge in [-0.1, -0.05) is 63.2 Å². The first-order chi connectivity index (χ1) is 16.9. The number of ketones is 1. The van der Waals surface area contributed by atoms with Gasteiger partial charge in [0, 0.05) is 22.9 Å². The van der Waals surface area contributed by atoms with Gasteiger partial charge < -0.3 is 9.47 Å². The summed E-state index contributed by atoms with van der Waals surface area (Å²) < 4.78 is 13.3. The van der Waals surface area contributed by atoms with Gasteiger partial charge in [0.1, 0.15) is 18.9 Å². The van der Waals surface area contributed by atoms with E-state index in [-0.39, 0.29) is 11.2 Å². The van der Waals surface area contributed by atoms with Crippen LogP contribution in [0, 0.1) is 0 Å². The first kappa shape index (κ1) is 22.7. The van der Waals surface area contributed by atoms with E-state index in [1.807, 2.05) is 89.8 Å². The Morgan fingerprint density at radius 2 is 1.63 bits per heavy atom. The average molecular weight is 465 g/mol. The number of para-hydroxylation sites is 1. The molecular weight excluding hydrogens is 436 g/mol. The molecule has 4 aromatic rings. The molecule has 0 radical (unpaired) electrons. The van der Waals surface area contributed by atoms with E-state index in [2.05, 4.69) is 20.8 Å². The largest absolute Gasteiger partial charge is 0.486 e. The molecule has 0 atom stereocenters. The lowest BCUT2D eigenvalue weighted by Gasteiger charge is -2.18. The van der Waals surface area contributed by atoms with Crippen LogP contribution in [0.1, 0.15) is 42.3 Å². The third-order valence-corrected chi connectivity index (χ3v) is 6.03. The van der Waals surface area contributed by atoms with E-state index in [1.54, 1.807) is 6.08 Å².